The highest BCUT2D eigenvalue weighted by molar-refractivity contribution is 7.89. The first-order valence-corrected chi connectivity index (χ1v) is 12.7. The molecule has 0 aromatic heterocycles. The first-order chi connectivity index (χ1) is 14.8. The van der Waals surface area contributed by atoms with Gasteiger partial charge in [-0.25, -0.2) is 8.42 Å². The van der Waals surface area contributed by atoms with Gasteiger partial charge in [0.15, 0.2) is 0 Å². The Labute approximate surface area is 186 Å². The van der Waals surface area contributed by atoms with Crippen LogP contribution in [0.3, 0.4) is 0 Å². The minimum Gasteiger partial charge on any atom is -0.338 e. The summed E-state index contributed by atoms with van der Waals surface area (Å²) in [6.45, 7) is 4.96. The van der Waals surface area contributed by atoms with Crippen LogP contribution in [0.4, 0.5) is 0 Å². The van der Waals surface area contributed by atoms with Crippen molar-refractivity contribution in [1.29, 1.82) is 0 Å². The van der Waals surface area contributed by atoms with Crippen LogP contribution in [0.2, 0.25) is 0 Å². The van der Waals surface area contributed by atoms with E-state index in [2.05, 4.69) is 32.0 Å². The summed E-state index contributed by atoms with van der Waals surface area (Å²) in [5, 5.41) is 0. The normalized spacial score (nSPS) is 20.1. The summed E-state index contributed by atoms with van der Waals surface area (Å²) in [7, 11) is -1.62. The molecule has 31 heavy (non-hydrogen) atoms. The van der Waals surface area contributed by atoms with Gasteiger partial charge in [-0.05, 0) is 60.4 Å². The van der Waals surface area contributed by atoms with Crippen LogP contribution in [0.15, 0.2) is 53.4 Å². The second-order valence-corrected chi connectivity index (χ2v) is 11.0. The fourth-order valence-corrected chi connectivity index (χ4v) is 6.37. The summed E-state index contributed by atoms with van der Waals surface area (Å²) in [5.74, 6) is 0.384. The summed E-state index contributed by atoms with van der Waals surface area (Å²) >= 11 is 0. The van der Waals surface area contributed by atoms with Crippen molar-refractivity contribution in [1.82, 2.24) is 9.21 Å². The second kappa shape index (κ2) is 8.75. The number of benzene rings is 2. The lowest BCUT2D eigenvalue weighted by Gasteiger charge is -2.34. The maximum atomic E-state index is 13.2. The molecule has 0 bridgehead atoms. The minimum absolute atomic E-state index is 0.118. The van der Waals surface area contributed by atoms with E-state index in [1.165, 1.54) is 15.4 Å². The molecule has 4 rings (SSSR count). The van der Waals surface area contributed by atoms with Crippen LogP contribution in [-0.2, 0) is 21.2 Å². The highest BCUT2D eigenvalue weighted by Gasteiger charge is 2.36. The molecule has 2 aromatic rings. The van der Waals surface area contributed by atoms with Gasteiger partial charge in [0.2, 0.25) is 15.9 Å². The largest absolute Gasteiger partial charge is 0.338 e. The molecule has 1 heterocycles. The second-order valence-electron chi connectivity index (χ2n) is 9.10. The van der Waals surface area contributed by atoms with Gasteiger partial charge in [0.25, 0.3) is 0 Å². The van der Waals surface area contributed by atoms with E-state index in [9.17, 15) is 13.2 Å². The van der Waals surface area contributed by atoms with Gasteiger partial charge >= 0.3 is 0 Å². The predicted molar refractivity (Wildman–Crippen MR) is 122 cm³/mol. The topological polar surface area (TPSA) is 57.7 Å². The fraction of sp³-hybridized carbons (Fsp3) is 0.480. The van der Waals surface area contributed by atoms with Gasteiger partial charge in [0.1, 0.15) is 0 Å². The zero-order valence-electron chi connectivity index (χ0n) is 18.6. The van der Waals surface area contributed by atoms with Gasteiger partial charge in [-0.1, -0.05) is 50.2 Å². The maximum absolute atomic E-state index is 13.2. The van der Waals surface area contributed by atoms with Crippen LogP contribution in [0, 0.1) is 5.92 Å². The molecule has 1 unspecified atom stereocenters. The van der Waals surface area contributed by atoms with Gasteiger partial charge < -0.3 is 4.90 Å². The van der Waals surface area contributed by atoms with Crippen molar-refractivity contribution in [3.63, 3.8) is 0 Å². The smallest absolute Gasteiger partial charge is 0.243 e. The molecule has 6 heteroatoms. The average molecular weight is 441 g/mol. The number of amides is 1. The molecule has 1 amide bonds. The number of piperidine rings is 1. The highest BCUT2D eigenvalue weighted by atomic mass is 32.2. The van der Waals surface area contributed by atoms with Crippen molar-refractivity contribution in [2.24, 2.45) is 5.92 Å². The van der Waals surface area contributed by atoms with Crippen LogP contribution >= 0.6 is 0 Å². The summed E-state index contributed by atoms with van der Waals surface area (Å²) in [6.07, 6.45) is 3.10. The number of aryl methyl sites for hydroxylation is 1. The third-order valence-electron chi connectivity index (χ3n) is 6.90. The predicted octanol–water partition coefficient (Wildman–Crippen LogP) is 4.36. The number of rotatable bonds is 5. The molecule has 1 aliphatic carbocycles. The molecule has 1 atom stereocenters. The van der Waals surface area contributed by atoms with E-state index in [0.717, 1.165) is 18.4 Å². The molecule has 166 valence electrons. The first-order valence-electron chi connectivity index (χ1n) is 11.2. The van der Waals surface area contributed by atoms with Gasteiger partial charge in [-0.15, -0.1) is 0 Å². The van der Waals surface area contributed by atoms with Gasteiger partial charge in [-0.3, -0.25) is 4.79 Å². The summed E-state index contributed by atoms with van der Waals surface area (Å²) in [5.41, 5.74) is 3.71. The molecule has 0 radical (unpaired) electrons. The van der Waals surface area contributed by atoms with Crippen LogP contribution in [0.5, 0.6) is 0 Å². The quantitative estimate of drug-likeness (QED) is 0.694. The number of fused-ring (bicyclic) bond motifs is 1. The lowest BCUT2D eigenvalue weighted by atomic mass is 9.95. The van der Waals surface area contributed by atoms with Crippen molar-refractivity contribution >= 4 is 15.9 Å². The first kappa shape index (κ1) is 22.0. The van der Waals surface area contributed by atoms with Crippen molar-refractivity contribution < 1.29 is 13.2 Å². The van der Waals surface area contributed by atoms with Crippen LogP contribution in [-0.4, -0.2) is 43.7 Å². The molecular formula is C25H32N2O3S. The standard InChI is InChI=1S/C25H32N2O3S/c1-18(2)19-8-11-22(12-9-19)31(29,30)27-16-14-21(15-17-27)25(28)26(3)24-13-10-20-6-4-5-7-23(20)24/h4-9,11-12,18,21,24H,10,13-17H2,1-3H3. The Morgan fingerprint density at radius 2 is 1.65 bits per heavy atom. The third kappa shape index (κ3) is 4.28. The molecule has 1 aliphatic heterocycles. The van der Waals surface area contributed by atoms with E-state index >= 15 is 0 Å². The summed E-state index contributed by atoms with van der Waals surface area (Å²) in [6, 6.07) is 15.7. The van der Waals surface area contributed by atoms with Gasteiger partial charge in [0, 0.05) is 26.1 Å². The number of hydrogen-bond acceptors (Lipinski definition) is 3. The van der Waals surface area contributed by atoms with Gasteiger partial charge in [-0.2, -0.15) is 4.31 Å². The molecule has 1 fully saturated rings. The monoisotopic (exact) mass is 440 g/mol. The lowest BCUT2D eigenvalue weighted by Crippen LogP contribution is -2.44. The Balaban J connectivity index is 1.39. The molecule has 2 aromatic carbocycles. The van der Waals surface area contributed by atoms with E-state index < -0.39 is 10.0 Å². The number of carbonyl (C=O) groups excluding carboxylic acids is 1. The number of nitrogens with zero attached hydrogens (tertiary/aromatic N) is 2. The minimum atomic E-state index is -3.52. The van der Waals surface area contributed by atoms with Crippen molar-refractivity contribution in [3.8, 4) is 0 Å². The lowest BCUT2D eigenvalue weighted by molar-refractivity contribution is -0.137. The molecule has 1 saturated heterocycles. The van der Waals surface area contributed by atoms with Crippen LogP contribution in [0.1, 0.15) is 61.8 Å². The number of carbonyl (C=O) groups is 1. The van der Waals surface area contributed by atoms with Crippen molar-refractivity contribution in [3.05, 3.63) is 65.2 Å². The molecule has 2 aliphatic rings. The maximum Gasteiger partial charge on any atom is 0.243 e. The van der Waals surface area contributed by atoms with E-state index in [0.29, 0.717) is 36.7 Å². The summed E-state index contributed by atoms with van der Waals surface area (Å²) < 4.78 is 27.6. The third-order valence-corrected chi connectivity index (χ3v) is 8.82. The molecule has 0 spiro atoms. The van der Waals surface area contributed by atoms with Crippen LogP contribution in [0.25, 0.3) is 0 Å². The zero-order chi connectivity index (χ0) is 22.2. The van der Waals surface area contributed by atoms with E-state index in [4.69, 9.17) is 0 Å². The Morgan fingerprint density at radius 3 is 2.29 bits per heavy atom. The van der Waals surface area contributed by atoms with E-state index in [1.54, 1.807) is 12.1 Å². The number of hydrogen-bond donors (Lipinski definition) is 0. The van der Waals surface area contributed by atoms with E-state index in [1.807, 2.05) is 30.1 Å². The molecule has 5 nitrogen and oxygen atoms in total. The highest BCUT2D eigenvalue weighted by Crippen LogP contribution is 2.36. The SMILES string of the molecule is CC(C)c1ccc(S(=O)(=O)N2CCC(C(=O)N(C)C3CCc4ccccc43)CC2)cc1. The Kier molecular flexibility index (Phi) is 6.22. The fourth-order valence-electron chi connectivity index (χ4n) is 4.90. The summed E-state index contributed by atoms with van der Waals surface area (Å²) in [4.78, 5) is 15.4. The average Bonchev–Trinajstić information content (AvgIpc) is 3.22. The number of sulfonamides is 1. The zero-order valence-corrected chi connectivity index (χ0v) is 19.4. The molecular weight excluding hydrogens is 408 g/mol. The Morgan fingerprint density at radius 1 is 1.00 bits per heavy atom. The van der Waals surface area contributed by atoms with Gasteiger partial charge in [0.05, 0.1) is 10.9 Å². The van der Waals surface area contributed by atoms with Crippen molar-refractivity contribution in [2.45, 2.75) is 56.4 Å². The Bertz CT molecular complexity index is 1040. The van der Waals surface area contributed by atoms with Crippen molar-refractivity contribution in [2.75, 3.05) is 20.1 Å². The van der Waals surface area contributed by atoms with E-state index in [-0.39, 0.29) is 17.9 Å². The molecule has 0 saturated carbocycles. The Hall–Kier alpha value is -2.18. The van der Waals surface area contributed by atoms with Crippen LogP contribution < -0.4 is 0 Å². The molecule has 0 N–H and O–H groups in total.